The van der Waals surface area contributed by atoms with Crippen LogP contribution in [-0.4, -0.2) is 5.91 Å². The number of benzene rings is 3. The quantitative estimate of drug-likeness (QED) is 0.281. The van der Waals surface area contributed by atoms with Gasteiger partial charge < -0.3 is 4.42 Å². The van der Waals surface area contributed by atoms with Crippen LogP contribution >= 0.6 is 39.3 Å². The number of amides is 1. The maximum absolute atomic E-state index is 13.6. The third-order valence-electron chi connectivity index (χ3n) is 4.90. The first-order valence-electron chi connectivity index (χ1n) is 9.28. The third kappa shape index (κ3) is 3.37. The summed E-state index contributed by atoms with van der Waals surface area (Å²) in [6, 6.07) is 23.0. The Hall–Kier alpha value is -2.47. The topological polar surface area (TPSA) is 33.5 Å². The molecule has 0 unspecified atom stereocenters. The number of furan rings is 1. The second-order valence-corrected chi connectivity index (χ2v) is 9.34. The lowest BCUT2D eigenvalue weighted by molar-refractivity contribution is 0.0972. The van der Waals surface area contributed by atoms with Crippen LogP contribution in [0.15, 0.2) is 91.5 Å². The molecule has 0 spiro atoms. The number of anilines is 2. The Morgan fingerprint density at radius 2 is 1.77 bits per heavy atom. The molecular weight excluding hydrogens is 482 g/mol. The Labute approximate surface area is 191 Å². The molecule has 1 aromatic heterocycles. The summed E-state index contributed by atoms with van der Waals surface area (Å²) in [4.78, 5) is 17.2. The van der Waals surface area contributed by atoms with Crippen LogP contribution in [0.5, 0.6) is 0 Å². The molecule has 30 heavy (non-hydrogen) atoms. The fourth-order valence-electron chi connectivity index (χ4n) is 3.47. The van der Waals surface area contributed by atoms with Crippen molar-refractivity contribution in [1.29, 1.82) is 0 Å². The first kappa shape index (κ1) is 19.5. The summed E-state index contributed by atoms with van der Waals surface area (Å²) >= 11 is 11.5. The minimum atomic E-state index is -0.235. The van der Waals surface area contributed by atoms with Gasteiger partial charge in [0.15, 0.2) is 5.76 Å². The summed E-state index contributed by atoms with van der Waals surface area (Å²) in [5.74, 6) is 0.669. The highest BCUT2D eigenvalue weighted by molar-refractivity contribution is 9.10. The molecule has 0 fully saturated rings. The van der Waals surface area contributed by atoms with E-state index in [1.54, 1.807) is 22.7 Å². The second kappa shape index (κ2) is 7.65. The maximum atomic E-state index is 13.6. The van der Waals surface area contributed by atoms with E-state index >= 15 is 0 Å². The van der Waals surface area contributed by atoms with Crippen molar-refractivity contribution in [2.75, 3.05) is 4.90 Å². The van der Waals surface area contributed by atoms with Crippen LogP contribution in [0.2, 0.25) is 5.02 Å². The standard InChI is InChI=1S/C24H15BrClNO2S/c1-14-6-8-16(17(25)12-14)20-9-10-21(29-20)24(28)27-18-4-2-3-5-22(18)30-23-11-7-15(26)13-19(23)27/h2-13H,1H3. The monoisotopic (exact) mass is 495 g/mol. The summed E-state index contributed by atoms with van der Waals surface area (Å²) in [6.45, 7) is 2.03. The van der Waals surface area contributed by atoms with Crippen molar-refractivity contribution < 1.29 is 9.21 Å². The van der Waals surface area contributed by atoms with E-state index in [-0.39, 0.29) is 11.7 Å². The molecule has 1 amide bonds. The number of hydrogen-bond donors (Lipinski definition) is 0. The number of rotatable bonds is 2. The van der Waals surface area contributed by atoms with Gasteiger partial charge in [0.05, 0.1) is 11.4 Å². The highest BCUT2D eigenvalue weighted by Gasteiger charge is 2.31. The van der Waals surface area contributed by atoms with E-state index < -0.39 is 0 Å². The SMILES string of the molecule is Cc1ccc(-c2ccc(C(=O)N3c4ccccc4Sc4ccc(Cl)cc43)o2)c(Br)c1. The Balaban J connectivity index is 1.59. The molecule has 6 heteroatoms. The first-order valence-corrected chi connectivity index (χ1v) is 11.3. The van der Waals surface area contributed by atoms with E-state index in [0.29, 0.717) is 10.8 Å². The highest BCUT2D eigenvalue weighted by atomic mass is 79.9. The lowest BCUT2D eigenvalue weighted by Gasteiger charge is -2.30. The van der Waals surface area contributed by atoms with Crippen LogP contribution in [0.25, 0.3) is 11.3 Å². The smallest absolute Gasteiger partial charge is 0.298 e. The summed E-state index contributed by atoms with van der Waals surface area (Å²) in [5.41, 5.74) is 3.62. The van der Waals surface area contributed by atoms with Gasteiger partial charge in [0.1, 0.15) is 5.76 Å². The van der Waals surface area contributed by atoms with Crippen LogP contribution < -0.4 is 4.90 Å². The number of para-hydroxylation sites is 1. The van der Waals surface area contributed by atoms with Gasteiger partial charge in [-0.3, -0.25) is 9.69 Å². The molecule has 0 aliphatic carbocycles. The Morgan fingerprint density at radius 3 is 2.60 bits per heavy atom. The minimum Gasteiger partial charge on any atom is -0.451 e. The fraction of sp³-hybridized carbons (Fsp3) is 0.0417. The lowest BCUT2D eigenvalue weighted by atomic mass is 10.1. The minimum absolute atomic E-state index is 0.235. The van der Waals surface area contributed by atoms with E-state index in [9.17, 15) is 4.79 Å². The number of carbonyl (C=O) groups is 1. The zero-order valence-corrected chi connectivity index (χ0v) is 19.0. The summed E-state index contributed by atoms with van der Waals surface area (Å²) in [5, 5.41) is 0.579. The van der Waals surface area contributed by atoms with E-state index in [1.165, 1.54) is 0 Å². The molecule has 0 saturated heterocycles. The predicted octanol–water partition coefficient (Wildman–Crippen LogP) is 8.11. The van der Waals surface area contributed by atoms with Gasteiger partial charge in [0, 0.05) is 24.8 Å². The molecule has 3 nitrogen and oxygen atoms in total. The van der Waals surface area contributed by atoms with Crippen molar-refractivity contribution in [1.82, 2.24) is 0 Å². The zero-order valence-electron chi connectivity index (χ0n) is 15.9. The van der Waals surface area contributed by atoms with E-state index in [1.807, 2.05) is 73.7 Å². The molecule has 1 aliphatic rings. The molecule has 0 radical (unpaired) electrons. The molecule has 4 aromatic rings. The van der Waals surface area contributed by atoms with Crippen LogP contribution in [0.1, 0.15) is 16.1 Å². The molecule has 1 aliphatic heterocycles. The summed E-state index contributed by atoms with van der Waals surface area (Å²) < 4.78 is 6.93. The number of nitrogens with zero attached hydrogens (tertiary/aromatic N) is 1. The van der Waals surface area contributed by atoms with Gasteiger partial charge in [0.2, 0.25) is 0 Å². The lowest BCUT2D eigenvalue weighted by Crippen LogP contribution is -2.28. The maximum Gasteiger partial charge on any atom is 0.298 e. The van der Waals surface area contributed by atoms with Crippen LogP contribution in [0.4, 0.5) is 11.4 Å². The molecule has 5 rings (SSSR count). The Kier molecular flexibility index (Phi) is 4.97. The second-order valence-electron chi connectivity index (χ2n) is 6.97. The van der Waals surface area contributed by atoms with E-state index in [0.717, 1.165) is 36.8 Å². The summed E-state index contributed by atoms with van der Waals surface area (Å²) in [7, 11) is 0. The van der Waals surface area contributed by atoms with Crippen molar-refractivity contribution in [3.05, 3.63) is 93.6 Å². The first-order chi connectivity index (χ1) is 14.5. The predicted molar refractivity (Wildman–Crippen MR) is 125 cm³/mol. The van der Waals surface area contributed by atoms with Gasteiger partial charge >= 0.3 is 0 Å². The zero-order chi connectivity index (χ0) is 20.8. The van der Waals surface area contributed by atoms with Gasteiger partial charge in [-0.05, 0) is 67.1 Å². The fourth-order valence-corrected chi connectivity index (χ4v) is 5.37. The molecule has 0 saturated carbocycles. The molecule has 0 atom stereocenters. The van der Waals surface area contributed by atoms with Gasteiger partial charge in [-0.1, -0.05) is 57.5 Å². The van der Waals surface area contributed by atoms with Crippen molar-refractivity contribution in [3.8, 4) is 11.3 Å². The number of fused-ring (bicyclic) bond motifs is 2. The Bertz CT molecular complexity index is 1300. The number of halogens is 2. The highest BCUT2D eigenvalue weighted by Crippen LogP contribution is 2.49. The van der Waals surface area contributed by atoms with Crippen molar-refractivity contribution in [2.45, 2.75) is 16.7 Å². The molecule has 148 valence electrons. The van der Waals surface area contributed by atoms with Crippen molar-refractivity contribution in [3.63, 3.8) is 0 Å². The summed E-state index contributed by atoms with van der Waals surface area (Å²) in [6.07, 6.45) is 0. The largest absolute Gasteiger partial charge is 0.451 e. The van der Waals surface area contributed by atoms with Gasteiger partial charge in [-0.25, -0.2) is 0 Å². The number of hydrogen-bond acceptors (Lipinski definition) is 3. The van der Waals surface area contributed by atoms with Gasteiger partial charge in [0.25, 0.3) is 5.91 Å². The van der Waals surface area contributed by atoms with E-state index in [4.69, 9.17) is 16.0 Å². The average Bonchev–Trinajstić information content (AvgIpc) is 3.21. The van der Waals surface area contributed by atoms with Crippen molar-refractivity contribution >= 4 is 56.6 Å². The third-order valence-corrected chi connectivity index (χ3v) is 6.92. The number of aryl methyl sites for hydroxylation is 1. The molecular formula is C24H15BrClNO2S. The molecule has 0 N–H and O–H groups in total. The van der Waals surface area contributed by atoms with Crippen LogP contribution in [-0.2, 0) is 0 Å². The van der Waals surface area contributed by atoms with Crippen molar-refractivity contribution in [2.24, 2.45) is 0 Å². The molecule has 0 bridgehead atoms. The molecule has 2 heterocycles. The van der Waals surface area contributed by atoms with Gasteiger partial charge in [-0.2, -0.15) is 0 Å². The van der Waals surface area contributed by atoms with Crippen LogP contribution in [0, 0.1) is 6.92 Å². The van der Waals surface area contributed by atoms with E-state index in [2.05, 4.69) is 15.9 Å². The average molecular weight is 497 g/mol. The molecule has 3 aromatic carbocycles. The van der Waals surface area contributed by atoms with Gasteiger partial charge in [-0.15, -0.1) is 0 Å². The Morgan fingerprint density at radius 1 is 0.967 bits per heavy atom. The number of carbonyl (C=O) groups excluding carboxylic acids is 1. The normalized spacial score (nSPS) is 12.4. The van der Waals surface area contributed by atoms with Crippen LogP contribution in [0.3, 0.4) is 0 Å².